The number of hydrogen-bond donors (Lipinski definition) is 0. The average molecular weight is 270 g/mol. The van der Waals surface area contributed by atoms with E-state index in [4.69, 9.17) is 0 Å². The summed E-state index contributed by atoms with van der Waals surface area (Å²) in [5, 5.41) is 0. The van der Waals surface area contributed by atoms with Crippen molar-refractivity contribution in [3.8, 4) is 0 Å². The zero-order chi connectivity index (χ0) is 14.7. The van der Waals surface area contributed by atoms with Crippen molar-refractivity contribution in [2.45, 2.75) is 12.8 Å². The molecule has 0 aliphatic heterocycles. The van der Waals surface area contributed by atoms with Crippen LogP contribution in [-0.2, 0) is 33.4 Å². The van der Waals surface area contributed by atoms with Crippen molar-refractivity contribution in [3.63, 3.8) is 0 Å². The predicted octanol–water partition coefficient (Wildman–Crippen LogP) is 0.295. The Morgan fingerprint density at radius 1 is 0.789 bits per heavy atom. The maximum atomic E-state index is 11.1. The average Bonchev–Trinajstić information content (AvgIpc) is 2.37. The minimum atomic E-state index is -0.836. The SMILES string of the molecule is C=CC(=O)OCCC(=O)OC(=O)CCOC(=O)C=C. The lowest BCUT2D eigenvalue weighted by atomic mass is 10.4. The molecule has 0 aliphatic rings. The van der Waals surface area contributed by atoms with E-state index in [9.17, 15) is 19.2 Å². The molecule has 0 unspecified atom stereocenters. The first kappa shape index (κ1) is 16.6. The Morgan fingerprint density at radius 2 is 1.16 bits per heavy atom. The number of carbonyl (C=O) groups excluding carboxylic acids is 4. The molecule has 0 aromatic carbocycles. The van der Waals surface area contributed by atoms with Crippen molar-refractivity contribution >= 4 is 23.9 Å². The Kier molecular flexibility index (Phi) is 8.35. The molecule has 0 N–H and O–H groups in total. The summed E-state index contributed by atoms with van der Waals surface area (Å²) in [7, 11) is 0. The third-order valence-corrected chi connectivity index (χ3v) is 1.66. The van der Waals surface area contributed by atoms with Gasteiger partial charge in [-0.2, -0.15) is 0 Å². The summed E-state index contributed by atoms with van der Waals surface area (Å²) >= 11 is 0. The van der Waals surface area contributed by atoms with Gasteiger partial charge in [0.1, 0.15) is 13.2 Å². The summed E-state index contributed by atoms with van der Waals surface area (Å²) in [4.78, 5) is 43.5. The van der Waals surface area contributed by atoms with Crippen LogP contribution in [-0.4, -0.2) is 37.1 Å². The van der Waals surface area contributed by atoms with Crippen molar-refractivity contribution in [1.29, 1.82) is 0 Å². The van der Waals surface area contributed by atoms with E-state index in [0.29, 0.717) is 0 Å². The van der Waals surface area contributed by atoms with E-state index < -0.39 is 23.9 Å². The van der Waals surface area contributed by atoms with Crippen LogP contribution in [0.5, 0.6) is 0 Å². The summed E-state index contributed by atoms with van der Waals surface area (Å²) < 4.78 is 13.4. The van der Waals surface area contributed by atoms with Gasteiger partial charge in [0, 0.05) is 12.2 Å². The van der Waals surface area contributed by atoms with Gasteiger partial charge in [-0.25, -0.2) is 9.59 Å². The molecule has 0 atom stereocenters. The second kappa shape index (κ2) is 9.58. The zero-order valence-electron chi connectivity index (χ0n) is 10.3. The van der Waals surface area contributed by atoms with Crippen molar-refractivity contribution in [2.75, 3.05) is 13.2 Å². The lowest BCUT2D eigenvalue weighted by Crippen LogP contribution is -2.17. The highest BCUT2D eigenvalue weighted by Crippen LogP contribution is 1.94. The smallest absolute Gasteiger partial charge is 0.330 e. The molecule has 0 saturated carbocycles. The predicted molar refractivity (Wildman–Crippen MR) is 62.6 cm³/mol. The molecule has 0 rings (SSSR count). The lowest BCUT2D eigenvalue weighted by molar-refractivity contribution is -0.161. The van der Waals surface area contributed by atoms with Gasteiger partial charge in [0.15, 0.2) is 0 Å². The largest absolute Gasteiger partial charge is 0.462 e. The van der Waals surface area contributed by atoms with Gasteiger partial charge in [-0.15, -0.1) is 0 Å². The fourth-order valence-electron chi connectivity index (χ4n) is 0.817. The molecule has 0 aliphatic carbocycles. The van der Waals surface area contributed by atoms with Crippen LogP contribution < -0.4 is 0 Å². The zero-order valence-corrected chi connectivity index (χ0v) is 10.3. The van der Waals surface area contributed by atoms with Gasteiger partial charge in [-0.05, 0) is 0 Å². The molecule has 0 saturated heterocycles. The molecule has 7 nitrogen and oxygen atoms in total. The van der Waals surface area contributed by atoms with Gasteiger partial charge in [0.2, 0.25) is 0 Å². The summed E-state index contributed by atoms with van der Waals surface area (Å²) in [6.45, 7) is 5.92. The number of rotatable bonds is 8. The molecule has 7 heteroatoms. The monoisotopic (exact) mass is 270 g/mol. The standard InChI is InChI=1S/C12H14O7/c1-3-9(13)17-7-5-11(15)19-12(16)6-8-18-10(14)4-2/h3-4H,1-2,5-8H2. The second-order valence-corrected chi connectivity index (χ2v) is 3.09. The van der Waals surface area contributed by atoms with Crippen molar-refractivity contribution in [3.05, 3.63) is 25.3 Å². The highest BCUT2D eigenvalue weighted by Gasteiger charge is 2.11. The van der Waals surface area contributed by atoms with Crippen molar-refractivity contribution in [1.82, 2.24) is 0 Å². The van der Waals surface area contributed by atoms with Gasteiger partial charge < -0.3 is 14.2 Å². The Labute approximate surface area is 109 Å². The molecule has 0 bridgehead atoms. The Hall–Kier alpha value is -2.44. The fraction of sp³-hybridized carbons (Fsp3) is 0.333. The van der Waals surface area contributed by atoms with E-state index in [1.54, 1.807) is 0 Å². The first-order chi connectivity index (χ1) is 8.99. The maximum absolute atomic E-state index is 11.1. The Bertz CT molecular complexity index is 348. The number of hydrogen-bond acceptors (Lipinski definition) is 7. The molecule has 0 aromatic rings. The van der Waals surface area contributed by atoms with E-state index in [1.165, 1.54) is 0 Å². The van der Waals surface area contributed by atoms with Crippen molar-refractivity contribution in [2.24, 2.45) is 0 Å². The van der Waals surface area contributed by atoms with Crippen LogP contribution in [0.4, 0.5) is 0 Å². The van der Waals surface area contributed by atoms with Crippen LogP contribution in [0.3, 0.4) is 0 Å². The van der Waals surface area contributed by atoms with E-state index in [1.807, 2.05) is 0 Å². The van der Waals surface area contributed by atoms with E-state index in [2.05, 4.69) is 27.4 Å². The molecule has 19 heavy (non-hydrogen) atoms. The van der Waals surface area contributed by atoms with Gasteiger partial charge in [0.05, 0.1) is 12.8 Å². The quantitative estimate of drug-likeness (QED) is 0.271. The van der Waals surface area contributed by atoms with Crippen LogP contribution in [0.25, 0.3) is 0 Å². The van der Waals surface area contributed by atoms with E-state index in [0.717, 1.165) is 12.2 Å². The van der Waals surface area contributed by atoms with Crippen molar-refractivity contribution < 1.29 is 33.4 Å². The summed E-state index contributed by atoms with van der Waals surface area (Å²) in [6.07, 6.45) is 1.39. The second-order valence-electron chi connectivity index (χ2n) is 3.09. The third kappa shape index (κ3) is 9.28. The molecule has 104 valence electrons. The minimum Gasteiger partial charge on any atom is -0.462 e. The molecular weight excluding hydrogens is 256 g/mol. The van der Waals surface area contributed by atoms with Crippen LogP contribution in [0.15, 0.2) is 25.3 Å². The summed E-state index contributed by atoms with van der Waals surface area (Å²) in [6, 6.07) is 0. The van der Waals surface area contributed by atoms with Crippen LogP contribution in [0, 0.1) is 0 Å². The Balaban J connectivity index is 3.72. The number of carbonyl (C=O) groups is 4. The van der Waals surface area contributed by atoms with Crippen LogP contribution in [0.1, 0.15) is 12.8 Å². The maximum Gasteiger partial charge on any atom is 0.330 e. The molecule has 0 heterocycles. The summed E-state index contributed by atoms with van der Waals surface area (Å²) in [5.41, 5.74) is 0. The van der Waals surface area contributed by atoms with Crippen LogP contribution in [0.2, 0.25) is 0 Å². The number of ether oxygens (including phenoxy) is 3. The molecule has 0 aromatic heterocycles. The molecular formula is C12H14O7. The lowest BCUT2D eigenvalue weighted by Gasteiger charge is -2.04. The summed E-state index contributed by atoms with van der Waals surface area (Å²) in [5.74, 6) is -3.01. The fourth-order valence-corrected chi connectivity index (χ4v) is 0.817. The minimum absolute atomic E-state index is 0.206. The van der Waals surface area contributed by atoms with E-state index >= 15 is 0 Å². The third-order valence-electron chi connectivity index (χ3n) is 1.66. The van der Waals surface area contributed by atoms with Gasteiger partial charge in [-0.1, -0.05) is 13.2 Å². The van der Waals surface area contributed by atoms with Gasteiger partial charge in [-0.3, -0.25) is 9.59 Å². The molecule has 0 radical (unpaired) electrons. The normalized spacial score (nSPS) is 9.05. The van der Waals surface area contributed by atoms with E-state index in [-0.39, 0.29) is 26.1 Å². The highest BCUT2D eigenvalue weighted by atomic mass is 16.6. The Morgan fingerprint density at radius 3 is 1.47 bits per heavy atom. The van der Waals surface area contributed by atoms with Gasteiger partial charge >= 0.3 is 23.9 Å². The molecule has 0 spiro atoms. The molecule has 0 amide bonds. The number of esters is 4. The van der Waals surface area contributed by atoms with Crippen LogP contribution >= 0.6 is 0 Å². The molecule has 0 fully saturated rings. The first-order valence-corrected chi connectivity index (χ1v) is 5.31. The van der Waals surface area contributed by atoms with Gasteiger partial charge in [0.25, 0.3) is 0 Å². The first-order valence-electron chi connectivity index (χ1n) is 5.31. The highest BCUT2D eigenvalue weighted by molar-refractivity contribution is 5.86. The topological polar surface area (TPSA) is 96.0 Å².